The number of rotatable bonds is 4. The fourth-order valence-corrected chi connectivity index (χ4v) is 3.18. The smallest absolute Gasteiger partial charge is 0.132 e. The van der Waals surface area contributed by atoms with Crippen molar-refractivity contribution in [3.8, 4) is 10.6 Å². The molecule has 17 heavy (non-hydrogen) atoms. The van der Waals surface area contributed by atoms with Gasteiger partial charge in [-0.1, -0.05) is 6.92 Å². The van der Waals surface area contributed by atoms with Gasteiger partial charge in [0.15, 0.2) is 0 Å². The van der Waals surface area contributed by atoms with E-state index in [1.807, 2.05) is 6.07 Å². The van der Waals surface area contributed by atoms with Gasteiger partial charge >= 0.3 is 0 Å². The molecule has 0 atom stereocenters. The fourth-order valence-electron chi connectivity index (χ4n) is 1.56. The number of nitrogens with one attached hydrogen (secondary N) is 1. The van der Waals surface area contributed by atoms with Crippen LogP contribution < -0.4 is 5.32 Å². The molecule has 2 aromatic heterocycles. The number of thiophene rings is 1. The minimum absolute atomic E-state index is 0.928. The van der Waals surface area contributed by atoms with Gasteiger partial charge in [-0.2, -0.15) is 0 Å². The Morgan fingerprint density at radius 1 is 1.41 bits per heavy atom. The molecule has 0 spiro atoms. The number of nitrogens with zero attached hydrogens (tertiary/aromatic N) is 2. The van der Waals surface area contributed by atoms with Crippen molar-refractivity contribution in [2.75, 3.05) is 11.9 Å². The lowest BCUT2D eigenvalue weighted by Gasteiger charge is -2.10. The van der Waals surface area contributed by atoms with Crippen LogP contribution in [0, 0.1) is 6.92 Å². The first-order chi connectivity index (χ1) is 8.24. The molecule has 0 saturated carbocycles. The number of hydrogen-bond acceptors (Lipinski definition) is 4. The largest absolute Gasteiger partial charge is 0.370 e. The van der Waals surface area contributed by atoms with Gasteiger partial charge in [0.05, 0.1) is 10.6 Å². The van der Waals surface area contributed by atoms with Crippen LogP contribution in [0.15, 0.2) is 22.2 Å². The van der Waals surface area contributed by atoms with E-state index in [4.69, 9.17) is 0 Å². The second-order valence-electron chi connectivity index (χ2n) is 3.72. The minimum atomic E-state index is 0.928. The highest BCUT2D eigenvalue weighted by Gasteiger charge is 2.12. The summed E-state index contributed by atoms with van der Waals surface area (Å²) in [4.78, 5) is 9.82. The summed E-state index contributed by atoms with van der Waals surface area (Å²) in [7, 11) is 0. The summed E-state index contributed by atoms with van der Waals surface area (Å²) in [6, 6.07) is 2.04. The van der Waals surface area contributed by atoms with Crippen LogP contribution >= 0.6 is 27.3 Å². The van der Waals surface area contributed by atoms with Gasteiger partial charge in [-0.15, -0.1) is 11.3 Å². The van der Waals surface area contributed by atoms with Crippen LogP contribution in [0.2, 0.25) is 0 Å². The Morgan fingerprint density at radius 3 is 2.88 bits per heavy atom. The predicted molar refractivity (Wildman–Crippen MR) is 76.6 cm³/mol. The van der Waals surface area contributed by atoms with Crippen LogP contribution in [0.25, 0.3) is 10.6 Å². The zero-order valence-corrected chi connectivity index (χ0v) is 12.2. The van der Waals surface area contributed by atoms with Crippen LogP contribution in [0.1, 0.15) is 18.9 Å². The second-order valence-corrected chi connectivity index (χ2v) is 5.49. The maximum absolute atomic E-state index is 4.38. The zero-order valence-electron chi connectivity index (χ0n) is 9.83. The molecular weight excluding hydrogens is 298 g/mol. The number of hydrogen-bond donors (Lipinski definition) is 1. The van der Waals surface area contributed by atoms with Crippen molar-refractivity contribution >= 4 is 33.1 Å². The number of halogens is 1. The van der Waals surface area contributed by atoms with Crippen LogP contribution in [0.5, 0.6) is 0 Å². The van der Waals surface area contributed by atoms with Gasteiger partial charge in [-0.3, -0.25) is 0 Å². The SMILES string of the molecule is CCCNc1ncnc(-c2sccc2Br)c1C. The summed E-state index contributed by atoms with van der Waals surface area (Å²) in [5.41, 5.74) is 2.10. The molecule has 0 aromatic carbocycles. The molecule has 0 aliphatic rings. The lowest BCUT2D eigenvalue weighted by atomic mass is 10.2. The van der Waals surface area contributed by atoms with Gasteiger partial charge in [0.1, 0.15) is 12.1 Å². The molecule has 2 heterocycles. The van der Waals surface area contributed by atoms with Crippen molar-refractivity contribution in [2.24, 2.45) is 0 Å². The molecule has 3 nitrogen and oxygen atoms in total. The Balaban J connectivity index is 2.39. The monoisotopic (exact) mass is 311 g/mol. The molecule has 0 aliphatic heterocycles. The Bertz CT molecular complexity index is 510. The first-order valence-electron chi connectivity index (χ1n) is 5.53. The molecule has 0 amide bonds. The number of aromatic nitrogens is 2. The quantitative estimate of drug-likeness (QED) is 0.923. The molecule has 0 bridgehead atoms. The van der Waals surface area contributed by atoms with Gasteiger partial charge in [0.2, 0.25) is 0 Å². The van der Waals surface area contributed by atoms with Crippen molar-refractivity contribution in [3.05, 3.63) is 27.8 Å². The minimum Gasteiger partial charge on any atom is -0.370 e. The molecule has 0 saturated heterocycles. The van der Waals surface area contributed by atoms with Crippen LogP contribution in [0.3, 0.4) is 0 Å². The topological polar surface area (TPSA) is 37.8 Å². The van der Waals surface area contributed by atoms with E-state index in [1.54, 1.807) is 17.7 Å². The average Bonchev–Trinajstić information content (AvgIpc) is 2.74. The van der Waals surface area contributed by atoms with Gasteiger partial charge in [0.25, 0.3) is 0 Å². The Kier molecular flexibility index (Phi) is 4.12. The molecular formula is C12H14BrN3S. The highest BCUT2D eigenvalue weighted by atomic mass is 79.9. The van der Waals surface area contributed by atoms with Crippen molar-refractivity contribution in [2.45, 2.75) is 20.3 Å². The zero-order chi connectivity index (χ0) is 12.3. The Hall–Kier alpha value is -0.940. The van der Waals surface area contributed by atoms with E-state index in [0.29, 0.717) is 0 Å². The molecule has 2 aromatic rings. The molecule has 2 rings (SSSR count). The summed E-state index contributed by atoms with van der Waals surface area (Å²) < 4.78 is 1.09. The van der Waals surface area contributed by atoms with Crippen LogP contribution in [-0.4, -0.2) is 16.5 Å². The molecule has 90 valence electrons. The Morgan fingerprint density at radius 2 is 2.24 bits per heavy atom. The first-order valence-corrected chi connectivity index (χ1v) is 7.20. The van der Waals surface area contributed by atoms with E-state index in [9.17, 15) is 0 Å². The lowest BCUT2D eigenvalue weighted by Crippen LogP contribution is -2.05. The molecule has 1 N–H and O–H groups in total. The molecule has 0 aliphatic carbocycles. The normalized spacial score (nSPS) is 10.5. The van der Waals surface area contributed by atoms with Gasteiger partial charge < -0.3 is 5.32 Å². The van der Waals surface area contributed by atoms with E-state index in [1.165, 1.54) is 0 Å². The van der Waals surface area contributed by atoms with Gasteiger partial charge in [-0.25, -0.2) is 9.97 Å². The second kappa shape index (κ2) is 5.60. The van der Waals surface area contributed by atoms with Crippen LogP contribution in [-0.2, 0) is 0 Å². The third kappa shape index (κ3) is 2.66. The standard InChI is InChI=1S/C12H14BrN3S/c1-3-5-14-12-8(2)10(15-7-16-12)11-9(13)4-6-17-11/h4,6-7H,3,5H2,1-2H3,(H,14,15,16). The van der Waals surface area contributed by atoms with Gasteiger partial charge in [-0.05, 0) is 40.7 Å². The third-order valence-electron chi connectivity index (χ3n) is 2.46. The van der Waals surface area contributed by atoms with Crippen molar-refractivity contribution in [3.63, 3.8) is 0 Å². The molecule has 0 fully saturated rings. The summed E-state index contributed by atoms with van der Waals surface area (Å²) in [5.74, 6) is 0.928. The maximum atomic E-state index is 4.38. The first kappa shape index (κ1) is 12.5. The predicted octanol–water partition coefficient (Wildman–Crippen LogP) is 4.10. The number of anilines is 1. The summed E-state index contributed by atoms with van der Waals surface area (Å²) in [5, 5.41) is 5.38. The highest BCUT2D eigenvalue weighted by molar-refractivity contribution is 9.10. The third-order valence-corrected chi connectivity index (χ3v) is 4.30. The van der Waals surface area contributed by atoms with Crippen LogP contribution in [0.4, 0.5) is 5.82 Å². The Labute approximate surface area is 113 Å². The maximum Gasteiger partial charge on any atom is 0.132 e. The molecule has 0 radical (unpaired) electrons. The summed E-state index contributed by atoms with van der Waals surface area (Å²) in [6.45, 7) is 5.13. The summed E-state index contributed by atoms with van der Waals surface area (Å²) in [6.07, 6.45) is 2.70. The van der Waals surface area contributed by atoms with E-state index in [-0.39, 0.29) is 0 Å². The van der Waals surface area contributed by atoms with Crippen molar-refractivity contribution < 1.29 is 0 Å². The molecule has 0 unspecified atom stereocenters. The van der Waals surface area contributed by atoms with Gasteiger partial charge in [0, 0.05) is 16.6 Å². The van der Waals surface area contributed by atoms with Crippen molar-refractivity contribution in [1.29, 1.82) is 0 Å². The van der Waals surface area contributed by atoms with E-state index in [0.717, 1.165) is 39.4 Å². The average molecular weight is 312 g/mol. The lowest BCUT2D eigenvalue weighted by molar-refractivity contribution is 0.960. The highest BCUT2D eigenvalue weighted by Crippen LogP contribution is 2.35. The fraction of sp³-hybridized carbons (Fsp3) is 0.333. The van der Waals surface area contributed by atoms with E-state index >= 15 is 0 Å². The summed E-state index contributed by atoms with van der Waals surface area (Å²) >= 11 is 5.23. The van der Waals surface area contributed by atoms with Crippen molar-refractivity contribution in [1.82, 2.24) is 9.97 Å². The van der Waals surface area contributed by atoms with E-state index < -0.39 is 0 Å². The van der Waals surface area contributed by atoms with E-state index in [2.05, 4.69) is 50.4 Å². The molecule has 5 heteroatoms.